The van der Waals surface area contributed by atoms with Crippen molar-refractivity contribution in [3.05, 3.63) is 0 Å². The third-order valence-electron chi connectivity index (χ3n) is 9.77. The molecule has 1 saturated heterocycles. The van der Waals surface area contributed by atoms with Crippen molar-refractivity contribution in [1.82, 2.24) is 21.1 Å². The van der Waals surface area contributed by atoms with Gasteiger partial charge in [-0.1, -0.05) is 53.4 Å². The number of hydrazine groups is 3. The molecule has 0 aromatic carbocycles. The number of hydrogen-bond donors (Lipinski definition) is 14. The molecule has 1 aliphatic rings. The fourth-order valence-electron chi connectivity index (χ4n) is 6.71. The van der Waals surface area contributed by atoms with Gasteiger partial charge in [-0.3, -0.25) is 36.5 Å². The maximum Gasteiger partial charge on any atom is 0.358 e. The zero-order chi connectivity index (χ0) is 49.6. The highest BCUT2D eigenvalue weighted by Gasteiger charge is 2.56. The van der Waals surface area contributed by atoms with Crippen LogP contribution >= 0.6 is 60.8 Å². The van der Waals surface area contributed by atoms with Gasteiger partial charge >= 0.3 is 60.8 Å². The molecule has 0 saturated carbocycles. The summed E-state index contributed by atoms with van der Waals surface area (Å²) in [4.78, 5) is 129. The summed E-state index contributed by atoms with van der Waals surface area (Å²) in [6.07, 6.45) is -1.71. The average Bonchev–Trinajstić information content (AvgIpc) is 3.09. The lowest BCUT2D eigenvalue weighted by atomic mass is 9.93. The lowest BCUT2D eigenvalue weighted by molar-refractivity contribution is 0.0274. The number of hydrogen-bond acceptors (Lipinski definition) is 16. The first-order valence-corrected chi connectivity index (χ1v) is 33.6. The Balaban J connectivity index is 4.39. The van der Waals surface area contributed by atoms with Gasteiger partial charge in [-0.05, 0) is 63.2 Å². The second kappa shape index (κ2) is 27.0. The highest BCUT2D eigenvalue weighted by atomic mass is 31.3. The Morgan fingerprint density at radius 1 is 0.422 bits per heavy atom. The van der Waals surface area contributed by atoms with Crippen LogP contribution in [0.2, 0.25) is 0 Å². The quantitative estimate of drug-likeness (QED) is 0.0384. The minimum atomic E-state index is -5.98. The van der Waals surface area contributed by atoms with Crippen molar-refractivity contribution in [3.63, 3.8) is 0 Å². The van der Waals surface area contributed by atoms with Gasteiger partial charge in [0.25, 0.3) is 0 Å². The Morgan fingerprint density at radius 2 is 0.672 bits per heavy atom. The molecule has 384 valence electrons. The van der Waals surface area contributed by atoms with Crippen molar-refractivity contribution >= 4 is 60.8 Å². The van der Waals surface area contributed by atoms with E-state index in [1.807, 2.05) is 11.1 Å². The van der Waals surface area contributed by atoms with Crippen LogP contribution in [0, 0.1) is 11.8 Å². The molecule has 0 spiro atoms. The Kier molecular flexibility index (Phi) is 26.6. The van der Waals surface area contributed by atoms with Crippen LogP contribution in [0.3, 0.4) is 0 Å². The zero-order valence-electron chi connectivity index (χ0n) is 35.9. The summed E-state index contributed by atoms with van der Waals surface area (Å²) >= 11 is 0. The Labute approximate surface area is 372 Å². The molecule has 0 amide bonds. The van der Waals surface area contributed by atoms with Gasteiger partial charge in [0.15, 0.2) is 10.8 Å². The first-order valence-electron chi connectivity index (χ1n) is 20.3. The fourth-order valence-corrected chi connectivity index (χ4v) is 21.2. The molecule has 1 fully saturated rings. The second-order valence-corrected chi connectivity index (χ2v) is 31.2. The van der Waals surface area contributed by atoms with E-state index >= 15 is 0 Å². The SMILES string of the molecule is CCCCOP(=O)(O)C(C1CCC(C(P(=O)(O)O)P(=O)(O)OCCCC)CCN(C(P(=O)(O)O)P(=O)(O)OCCCC)NNN(C(P(=O)(O)O)P(=O)(O)OCCCC)CC1)P(=O)(O)O. The van der Waals surface area contributed by atoms with E-state index in [4.69, 9.17) is 18.1 Å². The zero-order valence-corrected chi connectivity index (χ0v) is 43.1. The van der Waals surface area contributed by atoms with Crippen LogP contribution in [0.25, 0.3) is 0 Å². The van der Waals surface area contributed by atoms with Crippen LogP contribution in [0.15, 0.2) is 0 Å². The summed E-state index contributed by atoms with van der Waals surface area (Å²) in [5, 5.41) is -5.00. The summed E-state index contributed by atoms with van der Waals surface area (Å²) in [7, 11) is -45.8. The van der Waals surface area contributed by atoms with Crippen molar-refractivity contribution in [1.29, 1.82) is 0 Å². The molecule has 0 bridgehead atoms. The number of rotatable bonds is 28. The molecule has 0 aromatic heterocycles. The van der Waals surface area contributed by atoms with Gasteiger partial charge in [-0.2, -0.15) is 11.1 Å². The van der Waals surface area contributed by atoms with E-state index in [0.717, 1.165) is 0 Å². The Hall–Kier alpha value is 1.04. The summed E-state index contributed by atoms with van der Waals surface area (Å²) in [5.74, 6) is -3.83. The smallest absolute Gasteiger partial charge is 0.324 e. The maximum atomic E-state index is 13.8. The van der Waals surface area contributed by atoms with Crippen LogP contribution < -0.4 is 11.1 Å². The van der Waals surface area contributed by atoms with E-state index in [-0.39, 0.29) is 35.7 Å². The van der Waals surface area contributed by atoms with Crippen LogP contribution in [-0.2, 0) is 54.6 Å². The van der Waals surface area contributed by atoms with E-state index in [1.165, 1.54) is 0 Å². The van der Waals surface area contributed by atoms with Crippen LogP contribution in [-0.4, -0.2) is 130 Å². The molecule has 1 aliphatic heterocycles. The van der Waals surface area contributed by atoms with Crippen molar-refractivity contribution in [2.75, 3.05) is 39.5 Å². The normalized spacial score (nSPS) is 24.4. The third-order valence-corrected chi connectivity index (χ3v) is 27.0. The minimum Gasteiger partial charge on any atom is -0.324 e. The number of unbranched alkanes of at least 4 members (excludes halogenated alkanes) is 4. The van der Waals surface area contributed by atoms with Gasteiger partial charge in [0.1, 0.15) is 0 Å². The van der Waals surface area contributed by atoms with Crippen LogP contribution in [0.1, 0.15) is 105 Å². The molecular formula is C28H68N4O24P8. The molecule has 0 radical (unpaired) electrons. The van der Waals surface area contributed by atoms with Gasteiger partial charge in [0.2, 0.25) is 11.0 Å². The third kappa shape index (κ3) is 20.4. The predicted octanol–water partition coefficient (Wildman–Crippen LogP) is 4.26. The largest absolute Gasteiger partial charge is 0.358 e. The summed E-state index contributed by atoms with van der Waals surface area (Å²) < 4.78 is 128. The first kappa shape index (κ1) is 63.1. The Morgan fingerprint density at radius 3 is 0.891 bits per heavy atom. The van der Waals surface area contributed by atoms with Crippen LogP contribution in [0.4, 0.5) is 0 Å². The van der Waals surface area contributed by atoms with E-state index in [9.17, 15) is 95.2 Å². The van der Waals surface area contributed by atoms with Gasteiger partial charge in [-0.25, -0.2) is 10.0 Å². The molecule has 28 nitrogen and oxygen atoms in total. The molecule has 0 aromatic rings. The highest BCUT2D eigenvalue weighted by molar-refractivity contribution is 7.72. The number of nitrogens with one attached hydrogen (secondary N) is 2. The van der Waals surface area contributed by atoms with Gasteiger partial charge in [0.05, 0.1) is 26.4 Å². The predicted molar refractivity (Wildman–Crippen MR) is 231 cm³/mol. The molecule has 10 unspecified atom stereocenters. The van der Waals surface area contributed by atoms with E-state index in [2.05, 4.69) is 0 Å². The molecule has 0 aliphatic carbocycles. The fraction of sp³-hybridized carbons (Fsp3) is 1.00. The molecule has 1 rings (SSSR count). The monoisotopic (exact) mass is 1090 g/mol. The molecule has 36 heteroatoms. The minimum absolute atomic E-state index is 0.0860. The summed E-state index contributed by atoms with van der Waals surface area (Å²) in [6, 6.07) is 0. The van der Waals surface area contributed by atoms with E-state index in [0.29, 0.717) is 25.7 Å². The lowest BCUT2D eigenvalue weighted by Gasteiger charge is -2.41. The maximum absolute atomic E-state index is 13.8. The second-order valence-electron chi connectivity index (χ2n) is 15.2. The Bertz CT molecular complexity index is 1560. The van der Waals surface area contributed by atoms with E-state index < -0.39 is 160 Å². The first-order chi connectivity index (χ1) is 29.2. The lowest BCUT2D eigenvalue weighted by Crippen LogP contribution is -2.60. The van der Waals surface area contributed by atoms with E-state index in [1.54, 1.807) is 27.7 Å². The molecule has 1 heterocycles. The average molecular weight is 1090 g/mol. The molecular weight excluding hydrogens is 1020 g/mol. The molecule has 14 N–H and O–H groups in total. The van der Waals surface area contributed by atoms with Crippen LogP contribution in [0.5, 0.6) is 0 Å². The summed E-state index contributed by atoms with van der Waals surface area (Å²) in [6.45, 7) is 2.23. The topological polar surface area (TPSA) is 447 Å². The van der Waals surface area contributed by atoms with Crippen molar-refractivity contribution in [3.8, 4) is 0 Å². The van der Waals surface area contributed by atoms with Crippen molar-refractivity contribution in [2.24, 2.45) is 11.8 Å². The van der Waals surface area contributed by atoms with Crippen molar-refractivity contribution < 1.29 is 113 Å². The number of nitrogens with zero attached hydrogens (tertiary/aromatic N) is 2. The standard InChI is InChI=1S/C28H68N4O24P8/c1-5-9-19-53-61(45,46)25(57(33,34)35)23-13-14-24(26(58(36,37)38)62(47,48)54-20-10-6-2)16-18-32(28(60(42,43)44)64(51,52)56-22-12-8-4)30-29-31(17-15-23)27(59(39,40)41)63(49,50)55-21-11-7-3/h23-30H,5-22H2,1-4H3,(H,45,46)(H,47,48)(H,49,50)(H,51,52)(H2,33,34,35)(H2,36,37,38)(H2,39,40,41)(H2,42,43,44). The summed E-state index contributed by atoms with van der Waals surface area (Å²) in [5.41, 5.74) is -1.92. The van der Waals surface area contributed by atoms with Crippen molar-refractivity contribution in [2.45, 2.75) is 127 Å². The molecule has 10 atom stereocenters. The van der Waals surface area contributed by atoms with Gasteiger partial charge in [0, 0.05) is 13.1 Å². The molecule has 64 heavy (non-hydrogen) atoms. The van der Waals surface area contributed by atoms with Gasteiger partial charge in [-0.15, -0.1) is 0 Å². The highest BCUT2D eigenvalue weighted by Crippen LogP contribution is 2.70. The van der Waals surface area contributed by atoms with Gasteiger partial charge < -0.3 is 76.8 Å².